The van der Waals surface area contributed by atoms with E-state index in [1.165, 1.54) is 64.5 Å². The molecule has 0 aromatic rings. The summed E-state index contributed by atoms with van der Waals surface area (Å²) in [4.78, 5) is 2.62. The molecular weight excluding hydrogens is 213 g/mol. The zero-order valence-corrected chi connectivity index (χ0v) is 13.4. The molecule has 0 saturated heterocycles. The van der Waals surface area contributed by atoms with E-state index in [1.807, 2.05) is 0 Å². The molecule has 0 aromatic carbocycles. The van der Waals surface area contributed by atoms with Gasteiger partial charge in [-0.15, -0.1) is 0 Å². The van der Waals surface area contributed by atoms with Crippen LogP contribution in [-0.4, -0.2) is 24.5 Å². The van der Waals surface area contributed by atoms with E-state index in [-0.39, 0.29) is 20.3 Å². The zero-order chi connectivity index (χ0) is 12.8. The Balaban J connectivity index is -0.00000128. The van der Waals surface area contributed by atoms with Crippen LogP contribution in [0.4, 0.5) is 0 Å². The molecule has 0 N–H and O–H groups in total. The predicted octanol–water partition coefficient (Wildman–Crippen LogP) is 2.14. The van der Waals surface area contributed by atoms with Crippen molar-refractivity contribution in [1.82, 2.24) is 4.90 Å². The maximum absolute atomic E-state index is 2.62. The molecule has 0 radical (unpaired) electrons. The van der Waals surface area contributed by atoms with Gasteiger partial charge in [0, 0.05) is 6.54 Å². The Labute approximate surface area is 129 Å². The summed E-state index contributed by atoms with van der Waals surface area (Å²) in [6.07, 6.45) is 15.5. The minimum atomic E-state index is 0. The summed E-state index contributed by atoms with van der Waals surface area (Å²) in [7, 11) is 0. The monoisotopic (exact) mass is 247 g/mol. The molecule has 2 heteroatoms. The third kappa shape index (κ3) is 14.4. The van der Waals surface area contributed by atoms with Gasteiger partial charge >= 0.3 is 18.9 Å². The van der Waals surface area contributed by atoms with Crippen LogP contribution in [0.25, 0.3) is 0 Å². The SMILES string of the molecule is CC=CCN(CCCCCC)CCCCCC.[H-].[Li+]. The molecule has 0 rings (SSSR count). The number of hydrogen-bond acceptors (Lipinski definition) is 1. The summed E-state index contributed by atoms with van der Waals surface area (Å²) in [5, 5.41) is 0. The Bertz CT molecular complexity index is 162. The van der Waals surface area contributed by atoms with Crippen LogP contribution < -0.4 is 18.9 Å². The van der Waals surface area contributed by atoms with E-state index in [0.29, 0.717) is 0 Å². The average Bonchev–Trinajstić information content (AvgIpc) is 2.35. The van der Waals surface area contributed by atoms with Crippen molar-refractivity contribution in [3.8, 4) is 0 Å². The number of rotatable bonds is 12. The largest absolute Gasteiger partial charge is 1.00 e. The van der Waals surface area contributed by atoms with Crippen molar-refractivity contribution in [2.45, 2.75) is 72.1 Å². The van der Waals surface area contributed by atoms with E-state index in [4.69, 9.17) is 0 Å². The van der Waals surface area contributed by atoms with Crippen LogP contribution in [0.5, 0.6) is 0 Å². The summed E-state index contributed by atoms with van der Waals surface area (Å²) in [6, 6.07) is 0. The van der Waals surface area contributed by atoms with E-state index in [2.05, 4.69) is 37.8 Å². The Morgan fingerprint density at radius 2 is 1.33 bits per heavy atom. The summed E-state index contributed by atoms with van der Waals surface area (Å²) in [5.41, 5.74) is 0. The van der Waals surface area contributed by atoms with Gasteiger partial charge in [-0.3, -0.25) is 4.90 Å². The van der Waals surface area contributed by atoms with Crippen molar-refractivity contribution < 1.29 is 20.3 Å². The zero-order valence-electron chi connectivity index (χ0n) is 14.4. The van der Waals surface area contributed by atoms with Gasteiger partial charge in [0.25, 0.3) is 0 Å². The van der Waals surface area contributed by atoms with Gasteiger partial charge in [-0.1, -0.05) is 64.5 Å². The molecule has 0 aromatic heterocycles. The first-order valence-electron chi connectivity index (χ1n) is 7.68. The van der Waals surface area contributed by atoms with E-state index in [0.717, 1.165) is 6.54 Å². The molecule has 0 saturated carbocycles. The van der Waals surface area contributed by atoms with Gasteiger partial charge in [-0.2, -0.15) is 0 Å². The molecule has 104 valence electrons. The summed E-state index contributed by atoms with van der Waals surface area (Å²) < 4.78 is 0. The van der Waals surface area contributed by atoms with Gasteiger partial charge in [-0.05, 0) is 32.9 Å². The van der Waals surface area contributed by atoms with Gasteiger partial charge in [0.15, 0.2) is 0 Å². The van der Waals surface area contributed by atoms with Crippen molar-refractivity contribution >= 4 is 0 Å². The van der Waals surface area contributed by atoms with Crippen LogP contribution in [0.2, 0.25) is 0 Å². The molecule has 0 aliphatic rings. The Morgan fingerprint density at radius 1 is 0.833 bits per heavy atom. The molecule has 0 bridgehead atoms. The average molecular weight is 247 g/mol. The maximum atomic E-state index is 2.62. The number of allylic oxidation sites excluding steroid dienone is 1. The molecule has 0 amide bonds. The van der Waals surface area contributed by atoms with Crippen molar-refractivity contribution in [3.63, 3.8) is 0 Å². The standard InChI is InChI=1S/C16H33N.Li.H/c1-4-7-10-12-15-17(14-9-6-3)16-13-11-8-5-2;;/h6,9H,4-5,7-8,10-16H2,1-3H3;;/q;+1;-1. The topological polar surface area (TPSA) is 3.24 Å². The van der Waals surface area contributed by atoms with Crippen molar-refractivity contribution in [3.05, 3.63) is 12.2 Å². The molecular formula is C16H34LiN. The molecule has 0 aliphatic carbocycles. The molecule has 0 heterocycles. The van der Waals surface area contributed by atoms with E-state index >= 15 is 0 Å². The van der Waals surface area contributed by atoms with Crippen molar-refractivity contribution in [2.24, 2.45) is 0 Å². The van der Waals surface area contributed by atoms with Crippen LogP contribution in [0.15, 0.2) is 12.2 Å². The quantitative estimate of drug-likeness (QED) is 0.290. The Morgan fingerprint density at radius 3 is 1.72 bits per heavy atom. The minimum absolute atomic E-state index is 0. The van der Waals surface area contributed by atoms with E-state index in [9.17, 15) is 0 Å². The summed E-state index contributed by atoms with van der Waals surface area (Å²) in [6.45, 7) is 10.4. The van der Waals surface area contributed by atoms with Gasteiger partial charge in [0.2, 0.25) is 0 Å². The van der Waals surface area contributed by atoms with Gasteiger partial charge in [-0.25, -0.2) is 0 Å². The summed E-state index contributed by atoms with van der Waals surface area (Å²) in [5.74, 6) is 0. The molecule has 1 nitrogen and oxygen atoms in total. The first-order chi connectivity index (χ1) is 8.35. The van der Waals surface area contributed by atoms with Crippen LogP contribution in [0.3, 0.4) is 0 Å². The van der Waals surface area contributed by atoms with Crippen LogP contribution in [0.1, 0.15) is 73.6 Å². The van der Waals surface area contributed by atoms with Crippen LogP contribution in [-0.2, 0) is 0 Å². The fraction of sp³-hybridized carbons (Fsp3) is 0.875. The van der Waals surface area contributed by atoms with Crippen LogP contribution in [0, 0.1) is 0 Å². The molecule has 0 unspecified atom stereocenters. The van der Waals surface area contributed by atoms with Crippen molar-refractivity contribution in [1.29, 1.82) is 0 Å². The predicted molar refractivity (Wildman–Crippen MR) is 80.7 cm³/mol. The first-order valence-corrected chi connectivity index (χ1v) is 7.68. The number of unbranched alkanes of at least 4 members (excludes halogenated alkanes) is 6. The molecule has 0 atom stereocenters. The normalized spacial score (nSPS) is 11.1. The van der Waals surface area contributed by atoms with Gasteiger partial charge < -0.3 is 1.43 Å². The fourth-order valence-electron chi connectivity index (χ4n) is 2.07. The van der Waals surface area contributed by atoms with Crippen molar-refractivity contribution in [2.75, 3.05) is 19.6 Å². The second kappa shape index (κ2) is 17.3. The van der Waals surface area contributed by atoms with E-state index in [1.54, 1.807) is 0 Å². The second-order valence-electron chi connectivity index (χ2n) is 4.99. The number of hydrogen-bond donors (Lipinski definition) is 0. The Hall–Kier alpha value is 0.297. The Kier molecular flexibility index (Phi) is 19.8. The van der Waals surface area contributed by atoms with Gasteiger partial charge in [0.05, 0.1) is 0 Å². The van der Waals surface area contributed by atoms with E-state index < -0.39 is 0 Å². The molecule has 0 fully saturated rings. The molecule has 0 aliphatic heterocycles. The third-order valence-corrected chi connectivity index (χ3v) is 3.26. The fourth-order valence-corrected chi connectivity index (χ4v) is 2.07. The molecule has 18 heavy (non-hydrogen) atoms. The van der Waals surface area contributed by atoms with Crippen LogP contribution >= 0.6 is 0 Å². The summed E-state index contributed by atoms with van der Waals surface area (Å²) >= 11 is 0. The third-order valence-electron chi connectivity index (χ3n) is 3.26. The minimum Gasteiger partial charge on any atom is -1.00 e. The first kappa shape index (κ1) is 20.6. The van der Waals surface area contributed by atoms with Gasteiger partial charge in [0.1, 0.15) is 0 Å². The second-order valence-corrected chi connectivity index (χ2v) is 4.99. The smallest absolute Gasteiger partial charge is 1.00 e. The number of nitrogens with zero attached hydrogens (tertiary/aromatic N) is 1. The maximum Gasteiger partial charge on any atom is 1.00 e. The molecule has 0 spiro atoms.